The fourth-order valence-corrected chi connectivity index (χ4v) is 2.76. The number of benzene rings is 1. The molecule has 0 atom stereocenters. The van der Waals surface area contributed by atoms with Gasteiger partial charge in [0.05, 0.1) is 16.9 Å². The molecule has 0 saturated carbocycles. The van der Waals surface area contributed by atoms with Gasteiger partial charge in [0, 0.05) is 24.2 Å². The Kier molecular flexibility index (Phi) is 7.30. The molecule has 0 aliphatic carbocycles. The third-order valence-corrected chi connectivity index (χ3v) is 4.37. The number of nitrogen functional groups attached to an aromatic ring is 1. The Labute approximate surface area is 182 Å². The van der Waals surface area contributed by atoms with E-state index in [4.69, 9.17) is 26.8 Å². The molecule has 10 heteroatoms. The number of hydrogen-bond donors (Lipinski definition) is 1. The lowest BCUT2D eigenvalue weighted by Crippen LogP contribution is -2.11. The molecule has 0 aliphatic heterocycles. The second-order valence-electron chi connectivity index (χ2n) is 6.56. The van der Waals surface area contributed by atoms with E-state index >= 15 is 0 Å². The van der Waals surface area contributed by atoms with Crippen molar-refractivity contribution in [2.24, 2.45) is 0 Å². The van der Waals surface area contributed by atoms with Crippen LogP contribution in [0.1, 0.15) is 32.6 Å². The lowest BCUT2D eigenvalue weighted by molar-refractivity contribution is -0.134. The maximum Gasteiger partial charge on any atom is 0.312 e. The molecule has 162 valence electrons. The Hall–Kier alpha value is -3.33. The Morgan fingerprint density at radius 1 is 1.10 bits per heavy atom. The van der Waals surface area contributed by atoms with Gasteiger partial charge in [0.15, 0.2) is 11.6 Å². The van der Waals surface area contributed by atoms with Crippen molar-refractivity contribution in [3.8, 4) is 28.8 Å². The summed E-state index contributed by atoms with van der Waals surface area (Å²) in [4.78, 5) is 23.7. The predicted molar refractivity (Wildman–Crippen MR) is 111 cm³/mol. The number of hydrogen-bond acceptors (Lipinski definition) is 7. The zero-order valence-electron chi connectivity index (χ0n) is 16.6. The van der Waals surface area contributed by atoms with Gasteiger partial charge in [-0.25, -0.2) is 23.7 Å². The van der Waals surface area contributed by atoms with E-state index in [0.717, 1.165) is 25.0 Å². The molecule has 0 radical (unpaired) electrons. The van der Waals surface area contributed by atoms with Gasteiger partial charge < -0.3 is 15.2 Å². The molecule has 2 N–H and O–H groups in total. The molecule has 0 amide bonds. The van der Waals surface area contributed by atoms with Crippen LogP contribution in [0.4, 0.5) is 14.6 Å². The Morgan fingerprint density at radius 2 is 1.90 bits per heavy atom. The summed E-state index contributed by atoms with van der Waals surface area (Å²) in [6.45, 7) is 2.02. The number of esters is 1. The Balaban J connectivity index is 1.78. The van der Waals surface area contributed by atoms with E-state index in [1.165, 1.54) is 24.5 Å². The van der Waals surface area contributed by atoms with E-state index < -0.39 is 17.6 Å². The average molecular weight is 449 g/mol. The van der Waals surface area contributed by atoms with Crippen molar-refractivity contribution in [3.63, 3.8) is 0 Å². The van der Waals surface area contributed by atoms with Gasteiger partial charge in [0.1, 0.15) is 11.6 Å². The first-order valence-electron chi connectivity index (χ1n) is 9.49. The monoisotopic (exact) mass is 448 g/mol. The number of pyridine rings is 1. The van der Waals surface area contributed by atoms with Crippen molar-refractivity contribution >= 4 is 23.4 Å². The van der Waals surface area contributed by atoms with Crippen LogP contribution in [0.2, 0.25) is 5.02 Å². The number of aromatic nitrogens is 3. The summed E-state index contributed by atoms with van der Waals surface area (Å²) >= 11 is 5.65. The minimum atomic E-state index is -0.785. The number of rotatable bonds is 8. The van der Waals surface area contributed by atoms with E-state index in [2.05, 4.69) is 15.0 Å². The largest absolute Gasteiger partial charge is 0.436 e. The topological polar surface area (TPSA) is 100 Å². The van der Waals surface area contributed by atoms with Gasteiger partial charge in [0.25, 0.3) is 11.8 Å². The molecule has 1 aromatic carbocycles. The number of carbonyl (C=O) groups excluding carboxylic acids is 1. The molecule has 2 heterocycles. The highest BCUT2D eigenvalue weighted by Gasteiger charge is 2.16. The first kappa shape index (κ1) is 22.4. The van der Waals surface area contributed by atoms with Crippen LogP contribution in [-0.2, 0) is 4.79 Å². The van der Waals surface area contributed by atoms with Gasteiger partial charge in [-0.1, -0.05) is 31.4 Å². The van der Waals surface area contributed by atoms with Crippen LogP contribution in [0.3, 0.4) is 0 Å². The zero-order valence-corrected chi connectivity index (χ0v) is 17.3. The number of unbranched alkanes of at least 4 members (excludes halogenated alkanes) is 2. The van der Waals surface area contributed by atoms with Crippen LogP contribution in [0.15, 0.2) is 36.7 Å². The third-order valence-electron chi connectivity index (χ3n) is 4.17. The number of nitrogens with two attached hydrogens (primary N) is 1. The number of halogens is 3. The van der Waals surface area contributed by atoms with Crippen molar-refractivity contribution in [2.45, 2.75) is 32.6 Å². The number of carbonyl (C=O) groups is 1. The summed E-state index contributed by atoms with van der Waals surface area (Å²) in [5.74, 6) is -2.60. The van der Waals surface area contributed by atoms with E-state index in [1.54, 1.807) is 0 Å². The van der Waals surface area contributed by atoms with Crippen molar-refractivity contribution in [1.82, 2.24) is 15.0 Å². The minimum Gasteiger partial charge on any atom is -0.436 e. The second-order valence-corrected chi connectivity index (χ2v) is 7.00. The van der Waals surface area contributed by atoms with Crippen LogP contribution < -0.4 is 15.2 Å². The van der Waals surface area contributed by atoms with E-state index in [1.807, 2.05) is 6.92 Å². The third kappa shape index (κ3) is 5.85. The number of anilines is 1. The molecule has 0 bridgehead atoms. The van der Waals surface area contributed by atoms with Gasteiger partial charge in [-0.15, -0.1) is 0 Å². The SMILES string of the molecule is CCCCCC(=O)Oc1nc(-c2ccc(Oc3ncc(Cl)cc3F)cc2F)cnc1N. The summed E-state index contributed by atoms with van der Waals surface area (Å²) in [6.07, 6.45) is 5.22. The first-order chi connectivity index (χ1) is 14.9. The fraction of sp³-hybridized carbons (Fsp3) is 0.238. The maximum absolute atomic E-state index is 14.7. The molecule has 3 aromatic rings. The van der Waals surface area contributed by atoms with Crippen LogP contribution >= 0.6 is 11.6 Å². The molecule has 31 heavy (non-hydrogen) atoms. The van der Waals surface area contributed by atoms with Gasteiger partial charge in [-0.05, 0) is 24.6 Å². The van der Waals surface area contributed by atoms with Crippen molar-refractivity contribution < 1.29 is 23.0 Å². The van der Waals surface area contributed by atoms with Crippen molar-refractivity contribution in [3.05, 3.63) is 53.3 Å². The fourth-order valence-electron chi connectivity index (χ4n) is 2.62. The molecular weight excluding hydrogens is 430 g/mol. The minimum absolute atomic E-state index is 0.0148. The Morgan fingerprint density at radius 3 is 2.61 bits per heavy atom. The molecule has 0 spiro atoms. The van der Waals surface area contributed by atoms with E-state index in [-0.39, 0.29) is 46.0 Å². The molecule has 0 fully saturated rings. The molecule has 0 unspecified atom stereocenters. The number of nitrogens with zero attached hydrogens (tertiary/aromatic N) is 3. The maximum atomic E-state index is 14.7. The highest BCUT2D eigenvalue weighted by Crippen LogP contribution is 2.30. The zero-order chi connectivity index (χ0) is 22.4. The standard InChI is InChI=1S/C21H19ClF2N4O3/c1-2-3-4-5-18(29)31-21-19(25)26-11-17(28-21)14-7-6-13(9-15(14)23)30-20-16(24)8-12(22)10-27-20/h6-11H,2-5H2,1H3,(H2,25,26). The van der Waals surface area contributed by atoms with E-state index in [9.17, 15) is 13.6 Å². The van der Waals surface area contributed by atoms with Crippen molar-refractivity contribution in [1.29, 1.82) is 0 Å². The van der Waals surface area contributed by atoms with Crippen LogP contribution in [0.5, 0.6) is 17.5 Å². The lowest BCUT2D eigenvalue weighted by Gasteiger charge is -2.10. The summed E-state index contributed by atoms with van der Waals surface area (Å²) in [5, 5.41) is 0.107. The van der Waals surface area contributed by atoms with Gasteiger partial charge in [-0.2, -0.15) is 0 Å². The highest BCUT2D eigenvalue weighted by atomic mass is 35.5. The molecular formula is C21H19ClF2N4O3. The number of ether oxygens (including phenoxy) is 2. The quantitative estimate of drug-likeness (QED) is 0.367. The lowest BCUT2D eigenvalue weighted by atomic mass is 10.1. The van der Waals surface area contributed by atoms with Crippen LogP contribution in [0, 0.1) is 11.6 Å². The average Bonchev–Trinajstić information content (AvgIpc) is 2.72. The summed E-state index contributed by atoms with van der Waals surface area (Å²) in [5.41, 5.74) is 5.89. The first-order valence-corrected chi connectivity index (χ1v) is 9.87. The molecule has 3 rings (SSSR count). The second kappa shape index (κ2) is 10.1. The normalized spacial score (nSPS) is 10.7. The molecule has 0 aliphatic rings. The van der Waals surface area contributed by atoms with Crippen LogP contribution in [0.25, 0.3) is 11.3 Å². The molecule has 7 nitrogen and oxygen atoms in total. The van der Waals surface area contributed by atoms with Crippen LogP contribution in [-0.4, -0.2) is 20.9 Å². The highest BCUT2D eigenvalue weighted by molar-refractivity contribution is 6.30. The summed E-state index contributed by atoms with van der Waals surface area (Å²) < 4.78 is 39.0. The predicted octanol–water partition coefficient (Wildman–Crippen LogP) is 5.33. The van der Waals surface area contributed by atoms with Gasteiger partial charge in [-0.3, -0.25) is 4.79 Å². The van der Waals surface area contributed by atoms with Gasteiger partial charge >= 0.3 is 5.97 Å². The van der Waals surface area contributed by atoms with Crippen molar-refractivity contribution in [2.75, 3.05) is 5.73 Å². The molecule has 0 saturated heterocycles. The Bertz CT molecular complexity index is 1100. The smallest absolute Gasteiger partial charge is 0.312 e. The van der Waals surface area contributed by atoms with E-state index in [0.29, 0.717) is 6.42 Å². The summed E-state index contributed by atoms with van der Waals surface area (Å²) in [6, 6.07) is 4.84. The summed E-state index contributed by atoms with van der Waals surface area (Å²) in [7, 11) is 0. The van der Waals surface area contributed by atoms with Gasteiger partial charge in [0.2, 0.25) is 0 Å². The molecule has 2 aromatic heterocycles.